The number of piperidine rings is 1. The molecule has 0 spiro atoms. The number of nitrogens with zero attached hydrogens (tertiary/aromatic N) is 1. The van der Waals surface area contributed by atoms with E-state index in [4.69, 9.17) is 21.1 Å². The first-order chi connectivity index (χ1) is 10.7. The molecule has 1 aliphatic rings. The number of hydrogen-bond donors (Lipinski definition) is 0. The highest BCUT2D eigenvalue weighted by molar-refractivity contribution is 6.30. The second-order valence-corrected chi connectivity index (χ2v) is 6.13. The Morgan fingerprint density at radius 3 is 2.55 bits per heavy atom. The van der Waals surface area contributed by atoms with Gasteiger partial charge in [-0.3, -0.25) is 4.79 Å². The number of likely N-dealkylation sites (tertiary alicyclic amines) is 1. The van der Waals surface area contributed by atoms with Crippen LogP contribution in [0.25, 0.3) is 0 Å². The minimum Gasteiger partial charge on any atom is -0.382 e. The molecule has 4 nitrogen and oxygen atoms in total. The first-order valence-electron chi connectivity index (χ1n) is 7.78. The molecule has 1 aliphatic heterocycles. The highest BCUT2D eigenvalue weighted by Gasteiger charge is 2.22. The molecule has 5 heteroatoms. The lowest BCUT2D eigenvalue weighted by Crippen LogP contribution is -2.40. The van der Waals surface area contributed by atoms with E-state index >= 15 is 0 Å². The Bertz CT molecular complexity index is 455. The summed E-state index contributed by atoms with van der Waals surface area (Å²) in [6.45, 7) is 3.70. The fourth-order valence-electron chi connectivity index (χ4n) is 2.63. The van der Waals surface area contributed by atoms with Gasteiger partial charge in [0, 0.05) is 31.8 Å². The molecule has 1 amide bonds. The molecule has 2 rings (SSSR count). The number of amides is 1. The van der Waals surface area contributed by atoms with Crippen LogP contribution in [0.4, 0.5) is 0 Å². The van der Waals surface area contributed by atoms with Crippen molar-refractivity contribution in [3.63, 3.8) is 0 Å². The summed E-state index contributed by atoms with van der Waals surface area (Å²) in [7, 11) is 1.67. The molecule has 0 atom stereocenters. The van der Waals surface area contributed by atoms with Gasteiger partial charge >= 0.3 is 0 Å². The maximum absolute atomic E-state index is 12.3. The van der Waals surface area contributed by atoms with Gasteiger partial charge in [0.05, 0.1) is 19.6 Å². The average molecular weight is 326 g/mol. The van der Waals surface area contributed by atoms with Gasteiger partial charge in [-0.1, -0.05) is 23.7 Å². The number of carbonyl (C=O) groups excluding carboxylic acids is 1. The van der Waals surface area contributed by atoms with Crippen LogP contribution in [0.5, 0.6) is 0 Å². The predicted octanol–water partition coefficient (Wildman–Crippen LogP) is 2.78. The molecular weight excluding hydrogens is 302 g/mol. The summed E-state index contributed by atoms with van der Waals surface area (Å²) < 4.78 is 10.5. The Balaban J connectivity index is 1.69. The maximum Gasteiger partial charge on any atom is 0.226 e. The van der Waals surface area contributed by atoms with Crippen molar-refractivity contribution >= 4 is 17.5 Å². The molecule has 1 heterocycles. The van der Waals surface area contributed by atoms with Crippen molar-refractivity contribution in [3.8, 4) is 0 Å². The first kappa shape index (κ1) is 17.3. The Morgan fingerprint density at radius 1 is 1.23 bits per heavy atom. The second-order valence-electron chi connectivity index (χ2n) is 5.70. The van der Waals surface area contributed by atoms with E-state index in [1.54, 1.807) is 7.11 Å². The van der Waals surface area contributed by atoms with Gasteiger partial charge in [0.15, 0.2) is 0 Å². The lowest BCUT2D eigenvalue weighted by atomic mass is 9.97. The number of methoxy groups -OCH3 is 1. The van der Waals surface area contributed by atoms with Crippen LogP contribution in [0.3, 0.4) is 0 Å². The third-order valence-electron chi connectivity index (χ3n) is 4.02. The molecule has 1 aromatic carbocycles. The highest BCUT2D eigenvalue weighted by Crippen LogP contribution is 2.19. The second kappa shape index (κ2) is 9.13. The van der Waals surface area contributed by atoms with Crippen LogP contribution in [0.1, 0.15) is 18.4 Å². The molecule has 0 bridgehead atoms. The highest BCUT2D eigenvalue weighted by atomic mass is 35.5. The Hall–Kier alpha value is -1.10. The molecule has 122 valence electrons. The van der Waals surface area contributed by atoms with E-state index in [1.807, 2.05) is 29.2 Å². The number of carbonyl (C=O) groups is 1. The Morgan fingerprint density at radius 2 is 1.91 bits per heavy atom. The normalized spacial score (nSPS) is 16.0. The van der Waals surface area contributed by atoms with E-state index < -0.39 is 0 Å². The van der Waals surface area contributed by atoms with Crippen LogP contribution in [0.2, 0.25) is 5.02 Å². The van der Waals surface area contributed by atoms with Crippen molar-refractivity contribution < 1.29 is 14.3 Å². The zero-order chi connectivity index (χ0) is 15.8. The van der Waals surface area contributed by atoms with Gasteiger partial charge in [-0.15, -0.1) is 0 Å². The monoisotopic (exact) mass is 325 g/mol. The number of ether oxygens (including phenoxy) is 2. The SMILES string of the molecule is COCCOCC1CCN(C(=O)Cc2ccc(Cl)cc2)CC1. The minimum absolute atomic E-state index is 0.195. The molecule has 0 N–H and O–H groups in total. The summed E-state index contributed by atoms with van der Waals surface area (Å²) in [5.41, 5.74) is 1.01. The summed E-state index contributed by atoms with van der Waals surface area (Å²) in [4.78, 5) is 14.3. The van der Waals surface area contributed by atoms with Crippen molar-refractivity contribution in [3.05, 3.63) is 34.9 Å². The zero-order valence-corrected chi connectivity index (χ0v) is 13.8. The van der Waals surface area contributed by atoms with E-state index in [0.29, 0.717) is 30.6 Å². The van der Waals surface area contributed by atoms with E-state index in [2.05, 4.69) is 0 Å². The summed E-state index contributed by atoms with van der Waals surface area (Å²) in [5.74, 6) is 0.748. The fraction of sp³-hybridized carbons (Fsp3) is 0.588. The molecule has 1 fully saturated rings. The third kappa shape index (κ3) is 5.59. The van der Waals surface area contributed by atoms with Crippen LogP contribution >= 0.6 is 11.6 Å². The van der Waals surface area contributed by atoms with Crippen LogP contribution in [0.15, 0.2) is 24.3 Å². The average Bonchev–Trinajstić information content (AvgIpc) is 2.54. The van der Waals surface area contributed by atoms with Crippen LogP contribution in [-0.2, 0) is 20.7 Å². The molecular formula is C17H24ClNO3. The first-order valence-corrected chi connectivity index (χ1v) is 8.15. The molecule has 0 aromatic heterocycles. The Kier molecular flexibility index (Phi) is 7.16. The van der Waals surface area contributed by atoms with E-state index in [0.717, 1.165) is 38.1 Å². The topological polar surface area (TPSA) is 38.8 Å². The lowest BCUT2D eigenvalue weighted by Gasteiger charge is -2.32. The summed E-state index contributed by atoms with van der Waals surface area (Å²) in [5, 5.41) is 0.700. The van der Waals surface area contributed by atoms with E-state index in [-0.39, 0.29) is 5.91 Å². The van der Waals surface area contributed by atoms with E-state index in [1.165, 1.54) is 0 Å². The number of hydrogen-bond acceptors (Lipinski definition) is 3. The van der Waals surface area contributed by atoms with Crippen molar-refractivity contribution in [2.45, 2.75) is 19.3 Å². The van der Waals surface area contributed by atoms with Gasteiger partial charge < -0.3 is 14.4 Å². The van der Waals surface area contributed by atoms with Crippen molar-refractivity contribution in [1.29, 1.82) is 0 Å². The molecule has 0 saturated carbocycles. The molecule has 0 unspecified atom stereocenters. The van der Waals surface area contributed by atoms with Gasteiger partial charge in [-0.05, 0) is 36.5 Å². The molecule has 0 aliphatic carbocycles. The number of halogens is 1. The van der Waals surface area contributed by atoms with Crippen molar-refractivity contribution in [2.75, 3.05) is 40.0 Å². The number of benzene rings is 1. The smallest absolute Gasteiger partial charge is 0.226 e. The Labute approximate surface area is 137 Å². The molecule has 22 heavy (non-hydrogen) atoms. The standard InChI is InChI=1S/C17H24ClNO3/c1-21-10-11-22-13-15-6-8-19(9-7-15)17(20)12-14-2-4-16(18)5-3-14/h2-5,15H,6-13H2,1H3. The molecule has 1 aromatic rings. The molecule has 1 saturated heterocycles. The maximum atomic E-state index is 12.3. The van der Waals surface area contributed by atoms with Gasteiger partial charge in [0.25, 0.3) is 0 Å². The summed E-state index contributed by atoms with van der Waals surface area (Å²) >= 11 is 5.86. The van der Waals surface area contributed by atoms with Gasteiger partial charge in [0.2, 0.25) is 5.91 Å². The predicted molar refractivity (Wildman–Crippen MR) is 87.2 cm³/mol. The van der Waals surface area contributed by atoms with Crippen molar-refractivity contribution in [2.24, 2.45) is 5.92 Å². The van der Waals surface area contributed by atoms with Crippen LogP contribution < -0.4 is 0 Å². The number of rotatable bonds is 7. The van der Waals surface area contributed by atoms with Crippen LogP contribution in [0, 0.1) is 5.92 Å². The zero-order valence-electron chi connectivity index (χ0n) is 13.1. The van der Waals surface area contributed by atoms with Gasteiger partial charge in [-0.25, -0.2) is 0 Å². The largest absolute Gasteiger partial charge is 0.382 e. The fourth-order valence-corrected chi connectivity index (χ4v) is 2.76. The van der Waals surface area contributed by atoms with Gasteiger partial charge in [0.1, 0.15) is 0 Å². The van der Waals surface area contributed by atoms with Gasteiger partial charge in [-0.2, -0.15) is 0 Å². The minimum atomic E-state index is 0.195. The summed E-state index contributed by atoms with van der Waals surface area (Å²) in [6, 6.07) is 7.48. The summed E-state index contributed by atoms with van der Waals surface area (Å²) in [6.07, 6.45) is 2.48. The van der Waals surface area contributed by atoms with Crippen LogP contribution in [-0.4, -0.2) is 50.8 Å². The van der Waals surface area contributed by atoms with E-state index in [9.17, 15) is 4.79 Å². The quantitative estimate of drug-likeness (QED) is 0.724. The lowest BCUT2D eigenvalue weighted by molar-refractivity contribution is -0.132. The molecule has 0 radical (unpaired) electrons. The third-order valence-corrected chi connectivity index (χ3v) is 4.27. The van der Waals surface area contributed by atoms with Crippen molar-refractivity contribution in [1.82, 2.24) is 4.90 Å².